The Morgan fingerprint density at radius 3 is 2.19 bits per heavy atom. The van der Waals surface area contributed by atoms with Gasteiger partial charge in [0.1, 0.15) is 15.9 Å². The van der Waals surface area contributed by atoms with Crippen LogP contribution < -0.4 is 9.47 Å². The van der Waals surface area contributed by atoms with E-state index >= 15 is 0 Å². The maximum absolute atomic E-state index is 12.1. The number of hydrogen-bond donors (Lipinski definition) is 2. The molecule has 0 aromatic heterocycles. The molecule has 0 aliphatic heterocycles. The second-order valence-electron chi connectivity index (χ2n) is 5.48. The molecule has 0 radical (unpaired) electrons. The van der Waals surface area contributed by atoms with Gasteiger partial charge in [0.25, 0.3) is 0 Å². The lowest BCUT2D eigenvalue weighted by atomic mass is 10.1. The van der Waals surface area contributed by atoms with E-state index in [1.807, 2.05) is 0 Å². The molecule has 0 saturated carbocycles. The van der Waals surface area contributed by atoms with Gasteiger partial charge >= 0.3 is 0 Å². The molecule has 2 aromatic carbocycles. The number of rotatable bonds is 7. The predicted octanol–water partition coefficient (Wildman–Crippen LogP) is 2.12. The van der Waals surface area contributed by atoms with Crippen LogP contribution in [0.3, 0.4) is 0 Å². The normalized spacial score (nSPS) is 12.5. The van der Waals surface area contributed by atoms with Crippen LogP contribution in [0.5, 0.6) is 23.0 Å². The molecule has 2 N–H and O–H groups in total. The molecule has 0 bridgehead atoms. The molecule has 0 aliphatic carbocycles. The number of phenols is 2. The van der Waals surface area contributed by atoms with Crippen LogP contribution in [0.25, 0.3) is 0 Å². The molecule has 6 nitrogen and oxygen atoms in total. The molecule has 0 heterocycles. The van der Waals surface area contributed by atoms with Crippen molar-refractivity contribution in [3.05, 3.63) is 47.5 Å². The maximum atomic E-state index is 12.1. The summed E-state index contributed by atoms with van der Waals surface area (Å²) in [6, 6.07) is 9.59. The summed E-state index contributed by atoms with van der Waals surface area (Å²) in [5, 5.41) is 21.9. The maximum Gasteiger partial charge on any atom is 0.160 e. The zero-order chi connectivity index (χ0) is 19.8. The number of hydrogen-bond acceptors (Lipinski definition) is 6. The summed E-state index contributed by atoms with van der Waals surface area (Å²) in [5.41, 5.74) is 1.30. The average molecular weight is 408 g/mol. The summed E-state index contributed by atoms with van der Waals surface area (Å²) in [7, 11) is 0.0163. The zero-order valence-corrected chi connectivity index (χ0v) is 16.6. The summed E-state index contributed by atoms with van der Waals surface area (Å²) in [6.45, 7) is 0. The number of ether oxygens (including phenoxy) is 2. The fourth-order valence-electron chi connectivity index (χ4n) is 2.21. The first-order chi connectivity index (χ1) is 12.9. The van der Waals surface area contributed by atoms with Gasteiger partial charge in [-0.2, -0.15) is 0 Å². The Balaban J connectivity index is 1.88. The van der Waals surface area contributed by atoms with Crippen molar-refractivity contribution >= 4 is 21.6 Å². The summed E-state index contributed by atoms with van der Waals surface area (Å²) in [4.78, 5) is 0. The molecular formula is C19H20O6S2. The molecule has 144 valence electrons. The average Bonchev–Trinajstić information content (AvgIpc) is 2.65. The van der Waals surface area contributed by atoms with Crippen LogP contribution in [0.4, 0.5) is 0 Å². The van der Waals surface area contributed by atoms with Gasteiger partial charge in [-0.05, 0) is 42.3 Å². The molecule has 0 fully saturated rings. The third-order valence-electron chi connectivity index (χ3n) is 3.59. The summed E-state index contributed by atoms with van der Waals surface area (Å²) in [6.07, 6.45) is 0.473. The second-order valence-corrected chi connectivity index (χ2v) is 8.60. The minimum absolute atomic E-state index is 0.0259. The van der Waals surface area contributed by atoms with Crippen LogP contribution in [0.1, 0.15) is 11.1 Å². The first-order valence-corrected chi connectivity index (χ1v) is 10.7. The van der Waals surface area contributed by atoms with Crippen molar-refractivity contribution in [1.82, 2.24) is 0 Å². The third-order valence-corrected chi connectivity index (χ3v) is 6.49. The van der Waals surface area contributed by atoms with Gasteiger partial charge in [0.2, 0.25) is 0 Å². The smallest absolute Gasteiger partial charge is 0.160 e. The van der Waals surface area contributed by atoms with Gasteiger partial charge in [-0.3, -0.25) is 4.21 Å². The molecule has 2 atom stereocenters. The van der Waals surface area contributed by atoms with E-state index in [4.69, 9.17) is 9.47 Å². The molecule has 8 heteroatoms. The van der Waals surface area contributed by atoms with Crippen LogP contribution in [0, 0.1) is 11.2 Å². The van der Waals surface area contributed by atoms with E-state index in [2.05, 4.69) is 11.2 Å². The molecule has 2 unspecified atom stereocenters. The highest BCUT2D eigenvalue weighted by molar-refractivity contribution is 8.04. The Morgan fingerprint density at radius 1 is 0.963 bits per heavy atom. The Labute approximate surface area is 163 Å². The predicted molar refractivity (Wildman–Crippen MR) is 106 cm³/mol. The molecule has 0 saturated heterocycles. The van der Waals surface area contributed by atoms with Crippen LogP contribution in [0.2, 0.25) is 0 Å². The van der Waals surface area contributed by atoms with Gasteiger partial charge in [-0.1, -0.05) is 12.0 Å². The van der Waals surface area contributed by atoms with E-state index in [1.54, 1.807) is 30.3 Å². The molecule has 27 heavy (non-hydrogen) atoms. The van der Waals surface area contributed by atoms with E-state index < -0.39 is 21.6 Å². The number of methoxy groups -OCH3 is 2. The highest BCUT2D eigenvalue weighted by Crippen LogP contribution is 2.27. The van der Waals surface area contributed by atoms with Crippen molar-refractivity contribution in [2.24, 2.45) is 0 Å². The number of aryl methyl sites for hydroxylation is 1. The molecule has 0 amide bonds. The van der Waals surface area contributed by atoms with E-state index in [9.17, 15) is 18.6 Å². The summed E-state index contributed by atoms with van der Waals surface area (Å²) < 4.78 is 34.0. The second kappa shape index (κ2) is 10.00. The lowest BCUT2D eigenvalue weighted by molar-refractivity contribution is 0.373. The van der Waals surface area contributed by atoms with Gasteiger partial charge in [-0.25, -0.2) is 4.21 Å². The number of aromatic hydroxyl groups is 2. The van der Waals surface area contributed by atoms with Crippen LogP contribution in [-0.4, -0.2) is 43.7 Å². The lowest BCUT2D eigenvalue weighted by Gasteiger charge is -2.06. The van der Waals surface area contributed by atoms with Crippen LogP contribution in [-0.2, 0) is 28.0 Å². The first-order valence-electron chi connectivity index (χ1n) is 7.91. The molecular weight excluding hydrogens is 388 g/mol. The molecule has 2 rings (SSSR count). The minimum Gasteiger partial charge on any atom is -0.504 e. The number of phenolic OH excluding ortho intramolecular Hbond substituents is 2. The first kappa shape index (κ1) is 20.8. The van der Waals surface area contributed by atoms with Crippen molar-refractivity contribution < 1.29 is 28.1 Å². The van der Waals surface area contributed by atoms with Crippen molar-refractivity contribution in [3.63, 3.8) is 0 Å². The highest BCUT2D eigenvalue weighted by atomic mass is 32.2. The summed E-state index contributed by atoms with van der Waals surface area (Å²) in [5.74, 6) is 3.67. The van der Waals surface area contributed by atoms with Crippen molar-refractivity contribution in [2.45, 2.75) is 6.42 Å². The van der Waals surface area contributed by atoms with Crippen molar-refractivity contribution in [3.8, 4) is 34.2 Å². The topological polar surface area (TPSA) is 93.1 Å². The van der Waals surface area contributed by atoms with Crippen molar-refractivity contribution in [2.75, 3.05) is 25.1 Å². The van der Waals surface area contributed by atoms with E-state index in [-0.39, 0.29) is 16.6 Å². The van der Waals surface area contributed by atoms with Gasteiger partial charge in [0, 0.05) is 27.4 Å². The van der Waals surface area contributed by atoms with Gasteiger partial charge in [0.05, 0.1) is 14.2 Å². The van der Waals surface area contributed by atoms with Gasteiger partial charge < -0.3 is 19.7 Å². The Hall–Kier alpha value is -2.50. The largest absolute Gasteiger partial charge is 0.504 e. The lowest BCUT2D eigenvalue weighted by Crippen LogP contribution is -2.08. The SMILES string of the molecule is COc1ccc(C#CS(=O)CS(=O)CCc2ccc(OC)c(O)c2)cc1O. The molecule has 0 spiro atoms. The van der Waals surface area contributed by atoms with Crippen molar-refractivity contribution in [1.29, 1.82) is 0 Å². The Morgan fingerprint density at radius 2 is 1.59 bits per heavy atom. The van der Waals surface area contributed by atoms with Crippen LogP contribution in [0.15, 0.2) is 36.4 Å². The monoisotopic (exact) mass is 408 g/mol. The Bertz CT molecular complexity index is 914. The fraction of sp³-hybridized carbons (Fsp3) is 0.263. The molecule has 0 aliphatic rings. The van der Waals surface area contributed by atoms with Gasteiger partial charge in [0.15, 0.2) is 23.0 Å². The Kier molecular flexibility index (Phi) is 7.70. The standard InChI is InChI=1S/C19H20O6S2/c1-24-18-5-3-14(11-16(18)20)7-9-26(22)13-27(23)10-8-15-4-6-19(25-2)17(21)12-15/h3-6,11-12,20-21H,7,9,13H2,1-2H3. The zero-order valence-electron chi connectivity index (χ0n) is 14.9. The minimum atomic E-state index is -1.58. The third kappa shape index (κ3) is 6.31. The van der Waals surface area contributed by atoms with Crippen LogP contribution >= 0.6 is 0 Å². The van der Waals surface area contributed by atoms with E-state index in [0.717, 1.165) is 5.56 Å². The summed E-state index contributed by atoms with van der Waals surface area (Å²) >= 11 is 0. The quantitative estimate of drug-likeness (QED) is 0.682. The molecule has 2 aromatic rings. The van der Waals surface area contributed by atoms with E-state index in [1.165, 1.54) is 20.3 Å². The number of benzene rings is 2. The van der Waals surface area contributed by atoms with E-state index in [0.29, 0.717) is 29.2 Å². The highest BCUT2D eigenvalue weighted by Gasteiger charge is 2.08. The van der Waals surface area contributed by atoms with Gasteiger partial charge in [-0.15, -0.1) is 0 Å². The fourth-order valence-corrected chi connectivity index (χ4v) is 4.57.